The van der Waals surface area contributed by atoms with Gasteiger partial charge in [-0.05, 0) is 24.5 Å². The number of carbonyl (C=O) groups is 1. The number of benzene rings is 1. The number of nitriles is 1. The van der Waals surface area contributed by atoms with Crippen molar-refractivity contribution in [1.82, 2.24) is 4.90 Å². The predicted octanol–water partition coefficient (Wildman–Crippen LogP) is 4.17. The summed E-state index contributed by atoms with van der Waals surface area (Å²) in [6.07, 6.45) is 13.2. The Morgan fingerprint density at radius 1 is 1.20 bits per heavy atom. The zero-order chi connectivity index (χ0) is 17.5. The lowest BCUT2D eigenvalue weighted by atomic mass is 9.83. The molecule has 1 unspecified atom stereocenters. The van der Waals surface area contributed by atoms with Gasteiger partial charge in [0.2, 0.25) is 0 Å². The van der Waals surface area contributed by atoms with Crippen LogP contribution in [-0.4, -0.2) is 17.2 Å². The topological polar surface area (TPSA) is 53.3 Å². The fourth-order valence-electron chi connectivity index (χ4n) is 2.99. The number of allylic oxidation sites excluding steroid dienone is 4. The van der Waals surface area contributed by atoms with E-state index in [-0.39, 0.29) is 11.7 Å². The van der Waals surface area contributed by atoms with Crippen molar-refractivity contribution < 1.29 is 9.53 Å². The van der Waals surface area contributed by atoms with Gasteiger partial charge in [-0.15, -0.1) is 0 Å². The normalized spacial score (nSPS) is 19.1. The van der Waals surface area contributed by atoms with Crippen LogP contribution < -0.4 is 0 Å². The Hall–Kier alpha value is -3.06. The van der Waals surface area contributed by atoms with Crippen LogP contribution in [0, 0.1) is 11.3 Å². The zero-order valence-corrected chi connectivity index (χ0v) is 14.0. The first kappa shape index (κ1) is 16.8. The van der Waals surface area contributed by atoms with E-state index in [1.54, 1.807) is 18.4 Å². The molecule has 1 aliphatic carbocycles. The molecular formula is C21H20N2O2. The van der Waals surface area contributed by atoms with Crippen molar-refractivity contribution in [1.29, 1.82) is 5.26 Å². The summed E-state index contributed by atoms with van der Waals surface area (Å²) in [6.45, 7) is 0.818. The molecule has 1 atom stereocenters. The number of ketones is 1. The molecule has 0 saturated heterocycles. The van der Waals surface area contributed by atoms with Gasteiger partial charge < -0.3 is 9.64 Å². The van der Waals surface area contributed by atoms with Gasteiger partial charge in [0, 0.05) is 30.9 Å². The lowest BCUT2D eigenvalue weighted by molar-refractivity contribution is -0.115. The highest BCUT2D eigenvalue weighted by atomic mass is 16.5. The Kier molecular flexibility index (Phi) is 5.48. The number of carbonyl (C=O) groups excluding carboxylic acids is 1. The maximum atomic E-state index is 12.5. The van der Waals surface area contributed by atoms with Gasteiger partial charge in [-0.1, -0.05) is 42.5 Å². The van der Waals surface area contributed by atoms with Crippen molar-refractivity contribution in [2.24, 2.45) is 0 Å². The van der Waals surface area contributed by atoms with E-state index in [0.717, 1.165) is 30.5 Å². The molecule has 1 heterocycles. The molecule has 4 nitrogen and oxygen atoms in total. The lowest BCUT2D eigenvalue weighted by Gasteiger charge is -2.27. The number of unbranched alkanes of at least 4 members (excludes halogenated alkanes) is 2. The largest absolute Gasteiger partial charge is 0.462 e. The van der Waals surface area contributed by atoms with E-state index >= 15 is 0 Å². The standard InChI is InChI=1S/C21H20N2O2/c22-12-5-2-6-13-23-14-15-25-20(16-23)18-10-7-11-19(24)21(18)17-8-3-1-4-9-17/h1,3-4,7-11,14-16,21H,2,5-6,13H2. The third kappa shape index (κ3) is 4.07. The number of rotatable bonds is 6. The number of ether oxygens (including phenoxy) is 1. The summed E-state index contributed by atoms with van der Waals surface area (Å²) in [5, 5.41) is 8.62. The van der Waals surface area contributed by atoms with Crippen molar-refractivity contribution in [2.75, 3.05) is 6.54 Å². The third-order valence-electron chi connectivity index (χ3n) is 4.23. The van der Waals surface area contributed by atoms with Crippen LogP contribution in [0.4, 0.5) is 0 Å². The van der Waals surface area contributed by atoms with E-state index in [0.29, 0.717) is 12.2 Å². The highest BCUT2D eigenvalue weighted by Crippen LogP contribution is 2.35. The van der Waals surface area contributed by atoms with Crippen LogP contribution in [0.15, 0.2) is 78.6 Å². The summed E-state index contributed by atoms with van der Waals surface area (Å²) >= 11 is 0. The first-order chi connectivity index (χ1) is 12.3. The molecule has 0 N–H and O–H groups in total. The van der Waals surface area contributed by atoms with E-state index < -0.39 is 0 Å². The second kappa shape index (κ2) is 8.16. The molecule has 1 aliphatic heterocycles. The molecule has 1 aromatic rings. The molecule has 0 amide bonds. The number of hydrogen-bond donors (Lipinski definition) is 0. The molecule has 0 fully saturated rings. The Balaban J connectivity index is 1.79. The Morgan fingerprint density at radius 2 is 2.04 bits per heavy atom. The van der Waals surface area contributed by atoms with Gasteiger partial charge in [0.1, 0.15) is 12.0 Å². The second-order valence-corrected chi connectivity index (χ2v) is 5.98. The third-order valence-corrected chi connectivity index (χ3v) is 4.23. The molecule has 2 aliphatic rings. The molecule has 25 heavy (non-hydrogen) atoms. The van der Waals surface area contributed by atoms with Gasteiger partial charge in [0.05, 0.1) is 12.0 Å². The van der Waals surface area contributed by atoms with Gasteiger partial charge >= 0.3 is 0 Å². The van der Waals surface area contributed by atoms with Crippen molar-refractivity contribution in [3.63, 3.8) is 0 Å². The Labute approximate surface area is 148 Å². The van der Waals surface area contributed by atoms with Crippen LogP contribution in [0.3, 0.4) is 0 Å². The molecule has 126 valence electrons. The second-order valence-electron chi connectivity index (χ2n) is 5.98. The van der Waals surface area contributed by atoms with Crippen LogP contribution in [0.25, 0.3) is 0 Å². The molecule has 1 aromatic carbocycles. The summed E-state index contributed by atoms with van der Waals surface area (Å²) in [5.74, 6) is 0.405. The SMILES string of the molecule is N#CCCCCN1C=COC(C2=CC=CC(=O)C2c2ccccc2)=C1. The highest BCUT2D eigenvalue weighted by molar-refractivity contribution is 6.00. The first-order valence-electron chi connectivity index (χ1n) is 8.45. The maximum absolute atomic E-state index is 12.5. The smallest absolute Gasteiger partial charge is 0.167 e. The maximum Gasteiger partial charge on any atom is 0.167 e. The van der Waals surface area contributed by atoms with Crippen molar-refractivity contribution in [3.05, 3.63) is 84.1 Å². The molecule has 4 heteroatoms. The minimum atomic E-state index is -0.343. The van der Waals surface area contributed by atoms with Crippen molar-refractivity contribution in [3.8, 4) is 6.07 Å². The summed E-state index contributed by atoms with van der Waals surface area (Å²) in [6, 6.07) is 11.9. The summed E-state index contributed by atoms with van der Waals surface area (Å²) < 4.78 is 5.71. The molecule has 0 aromatic heterocycles. The molecule has 0 bridgehead atoms. The van der Waals surface area contributed by atoms with E-state index in [4.69, 9.17) is 10.00 Å². The van der Waals surface area contributed by atoms with E-state index in [2.05, 4.69) is 6.07 Å². The number of nitrogens with zero attached hydrogens (tertiary/aromatic N) is 2. The molecule has 0 saturated carbocycles. The van der Waals surface area contributed by atoms with Gasteiger partial charge in [-0.3, -0.25) is 4.79 Å². The quantitative estimate of drug-likeness (QED) is 0.734. The Morgan fingerprint density at radius 3 is 2.84 bits per heavy atom. The van der Waals surface area contributed by atoms with Crippen LogP contribution in [0.5, 0.6) is 0 Å². The summed E-state index contributed by atoms with van der Waals surface area (Å²) in [7, 11) is 0. The van der Waals surface area contributed by atoms with Gasteiger partial charge in [-0.25, -0.2) is 0 Å². The molecule has 0 radical (unpaired) electrons. The fourth-order valence-corrected chi connectivity index (χ4v) is 2.99. The first-order valence-corrected chi connectivity index (χ1v) is 8.45. The average Bonchev–Trinajstić information content (AvgIpc) is 2.66. The average molecular weight is 332 g/mol. The van der Waals surface area contributed by atoms with E-state index in [1.165, 1.54) is 0 Å². The summed E-state index contributed by atoms with van der Waals surface area (Å²) in [4.78, 5) is 14.5. The zero-order valence-electron chi connectivity index (χ0n) is 14.0. The minimum absolute atomic E-state index is 0.0586. The van der Waals surface area contributed by atoms with Crippen LogP contribution in [0.2, 0.25) is 0 Å². The highest BCUT2D eigenvalue weighted by Gasteiger charge is 2.29. The van der Waals surface area contributed by atoms with Gasteiger partial charge in [0.15, 0.2) is 5.78 Å². The van der Waals surface area contributed by atoms with Crippen LogP contribution >= 0.6 is 0 Å². The van der Waals surface area contributed by atoms with Crippen LogP contribution in [-0.2, 0) is 9.53 Å². The molecule has 0 spiro atoms. The van der Waals surface area contributed by atoms with Crippen molar-refractivity contribution >= 4 is 5.78 Å². The Bertz CT molecular complexity index is 782. The van der Waals surface area contributed by atoms with Gasteiger partial charge in [0.25, 0.3) is 0 Å². The molecule has 3 rings (SSSR count). The monoisotopic (exact) mass is 332 g/mol. The number of hydrogen-bond acceptors (Lipinski definition) is 4. The summed E-state index contributed by atoms with van der Waals surface area (Å²) in [5.41, 5.74) is 1.83. The van der Waals surface area contributed by atoms with E-state index in [1.807, 2.05) is 53.7 Å². The van der Waals surface area contributed by atoms with Crippen molar-refractivity contribution in [2.45, 2.75) is 25.2 Å². The lowest BCUT2D eigenvalue weighted by Crippen LogP contribution is -2.21. The minimum Gasteiger partial charge on any atom is -0.462 e. The van der Waals surface area contributed by atoms with E-state index in [9.17, 15) is 4.79 Å². The molecular weight excluding hydrogens is 312 g/mol. The predicted molar refractivity (Wildman–Crippen MR) is 95.9 cm³/mol. The fraction of sp³-hybridized carbons (Fsp3) is 0.238. The van der Waals surface area contributed by atoms with Gasteiger partial charge in [-0.2, -0.15) is 5.26 Å². The van der Waals surface area contributed by atoms with Crippen LogP contribution in [0.1, 0.15) is 30.7 Å².